The molecule has 1 aromatic carbocycles. The van der Waals surface area contributed by atoms with Crippen LogP contribution in [0.3, 0.4) is 0 Å². The lowest BCUT2D eigenvalue weighted by Gasteiger charge is -2.27. The summed E-state index contributed by atoms with van der Waals surface area (Å²) in [5, 5.41) is 28.3. The first-order valence-corrected chi connectivity index (χ1v) is 8.70. The largest absolute Gasteiger partial charge is 0.395 e. The zero-order valence-electron chi connectivity index (χ0n) is 13.5. The molecule has 1 atom stereocenters. The number of halogens is 1. The van der Waals surface area contributed by atoms with E-state index in [-0.39, 0.29) is 53.2 Å². The zero-order valence-corrected chi connectivity index (χ0v) is 14.3. The summed E-state index contributed by atoms with van der Waals surface area (Å²) >= 11 is 1.04. The molecule has 1 aliphatic rings. The molecule has 1 aliphatic carbocycles. The van der Waals surface area contributed by atoms with Crippen LogP contribution in [0.15, 0.2) is 32.8 Å². The highest BCUT2D eigenvalue weighted by atomic mass is 32.2. The molecule has 1 aromatic heterocycles. The van der Waals surface area contributed by atoms with E-state index >= 15 is 0 Å². The van der Waals surface area contributed by atoms with Gasteiger partial charge >= 0.3 is 0 Å². The summed E-state index contributed by atoms with van der Waals surface area (Å²) < 4.78 is 18.0. The number of hydrogen-bond acceptors (Lipinski definition) is 8. The molecule has 3 rings (SSSR count). The molecule has 1 heterocycles. The Bertz CT molecular complexity index is 828. The van der Waals surface area contributed by atoms with Crippen molar-refractivity contribution in [2.24, 2.45) is 4.99 Å². The van der Waals surface area contributed by atoms with E-state index in [1.165, 1.54) is 12.1 Å². The number of aromatic nitrogens is 2. The Kier molecular flexibility index (Phi) is 5.81. The molecule has 138 valence electrons. The standard InChI is InChI=1S/C15H16FN5O4S/c16-9-2-1-8-5-11(10(8)6-9)18-14(19-24)13-15(21-25-20-13)26-7-12(23)17-3-4-22/h1-2,6,11,22,24H,3-5,7H2,(H,17,23)(H,18,19)/t11-/m0/s1. The number of benzene rings is 1. The van der Waals surface area contributed by atoms with Gasteiger partial charge in [-0.2, -0.15) is 0 Å². The highest BCUT2D eigenvalue weighted by molar-refractivity contribution is 8.00. The second kappa shape index (κ2) is 8.25. The van der Waals surface area contributed by atoms with Crippen LogP contribution in [0.1, 0.15) is 22.9 Å². The first-order chi connectivity index (χ1) is 12.6. The SMILES string of the molecule is O=C(CSc1nonc1C(=N[C@H]1Cc2ccc(F)cc21)NO)NCCO. The van der Waals surface area contributed by atoms with Crippen molar-refractivity contribution in [3.05, 3.63) is 40.8 Å². The molecule has 1 amide bonds. The molecule has 0 saturated carbocycles. The maximum atomic E-state index is 13.4. The Hall–Kier alpha value is -2.50. The van der Waals surface area contributed by atoms with Crippen LogP contribution in [0, 0.1) is 5.82 Å². The third-order valence-electron chi connectivity index (χ3n) is 3.73. The first-order valence-electron chi connectivity index (χ1n) is 7.72. The van der Waals surface area contributed by atoms with E-state index in [4.69, 9.17) is 5.11 Å². The third-order valence-corrected chi connectivity index (χ3v) is 4.68. The minimum Gasteiger partial charge on any atom is -0.395 e. The average Bonchev–Trinajstić information content (AvgIpc) is 3.09. The van der Waals surface area contributed by atoms with Gasteiger partial charge in [0.15, 0.2) is 16.6 Å². The van der Waals surface area contributed by atoms with Gasteiger partial charge in [-0.05, 0) is 40.0 Å². The Balaban J connectivity index is 1.71. The number of nitrogens with one attached hydrogen (secondary N) is 2. The molecule has 11 heteroatoms. The fourth-order valence-corrected chi connectivity index (χ4v) is 3.19. The number of hydrogen-bond donors (Lipinski definition) is 4. The summed E-state index contributed by atoms with van der Waals surface area (Å²) in [5.74, 6) is -0.603. The fraction of sp³-hybridized carbons (Fsp3) is 0.333. The van der Waals surface area contributed by atoms with Crippen LogP contribution >= 0.6 is 11.8 Å². The highest BCUT2D eigenvalue weighted by Crippen LogP contribution is 2.37. The molecule has 9 nitrogen and oxygen atoms in total. The van der Waals surface area contributed by atoms with Crippen LogP contribution in [0.4, 0.5) is 4.39 Å². The second-order valence-electron chi connectivity index (χ2n) is 5.43. The number of carbonyl (C=O) groups is 1. The highest BCUT2D eigenvalue weighted by Gasteiger charge is 2.28. The van der Waals surface area contributed by atoms with Gasteiger partial charge in [-0.25, -0.2) is 9.02 Å². The Labute approximate surface area is 151 Å². The lowest BCUT2D eigenvalue weighted by atomic mass is 9.83. The van der Waals surface area contributed by atoms with Crippen molar-refractivity contribution in [1.29, 1.82) is 0 Å². The lowest BCUT2D eigenvalue weighted by molar-refractivity contribution is -0.118. The van der Waals surface area contributed by atoms with E-state index in [1.807, 2.05) is 5.48 Å². The number of aliphatic hydroxyl groups is 1. The third kappa shape index (κ3) is 4.00. The number of amides is 1. The summed E-state index contributed by atoms with van der Waals surface area (Å²) in [5.41, 5.74) is 3.84. The summed E-state index contributed by atoms with van der Waals surface area (Å²) in [4.78, 5) is 15.9. The van der Waals surface area contributed by atoms with Gasteiger partial charge in [-0.1, -0.05) is 17.8 Å². The molecule has 0 saturated heterocycles. The summed E-state index contributed by atoms with van der Waals surface area (Å²) in [6, 6.07) is 4.18. The van der Waals surface area contributed by atoms with Crippen LogP contribution in [-0.4, -0.2) is 51.3 Å². The normalized spacial score (nSPS) is 16.0. The van der Waals surface area contributed by atoms with Gasteiger partial charge < -0.3 is 10.4 Å². The fourth-order valence-electron chi connectivity index (χ4n) is 2.46. The molecule has 0 spiro atoms. The van der Waals surface area contributed by atoms with Gasteiger partial charge in [-0.15, -0.1) is 0 Å². The van der Waals surface area contributed by atoms with Crippen LogP contribution in [0.2, 0.25) is 0 Å². The number of nitrogens with zero attached hydrogens (tertiary/aromatic N) is 3. The minimum absolute atomic E-state index is 0.0180. The van der Waals surface area contributed by atoms with E-state index in [2.05, 4.69) is 25.3 Å². The van der Waals surface area contributed by atoms with E-state index < -0.39 is 0 Å². The van der Waals surface area contributed by atoms with Crippen LogP contribution in [-0.2, 0) is 11.2 Å². The van der Waals surface area contributed by atoms with Gasteiger partial charge in [0, 0.05) is 6.54 Å². The lowest BCUT2D eigenvalue weighted by Crippen LogP contribution is -2.28. The molecule has 2 aromatic rings. The van der Waals surface area contributed by atoms with Crippen molar-refractivity contribution in [2.75, 3.05) is 18.9 Å². The molecule has 0 fully saturated rings. The van der Waals surface area contributed by atoms with Gasteiger partial charge in [-0.3, -0.25) is 20.5 Å². The van der Waals surface area contributed by atoms with Crippen molar-refractivity contribution < 1.29 is 24.1 Å². The number of thioether (sulfide) groups is 1. The quantitative estimate of drug-likeness (QED) is 0.235. The molecule has 26 heavy (non-hydrogen) atoms. The van der Waals surface area contributed by atoms with Crippen molar-refractivity contribution in [3.8, 4) is 0 Å². The van der Waals surface area contributed by atoms with Crippen LogP contribution in [0.5, 0.6) is 0 Å². The summed E-state index contributed by atoms with van der Waals surface area (Å²) in [7, 11) is 0. The van der Waals surface area contributed by atoms with Gasteiger partial charge in [0.05, 0.1) is 18.4 Å². The molecule has 0 aliphatic heterocycles. The molecule has 4 N–H and O–H groups in total. The first kappa shape index (κ1) is 18.3. The van der Waals surface area contributed by atoms with E-state index in [0.29, 0.717) is 6.42 Å². The zero-order chi connectivity index (χ0) is 18.5. The number of hydroxylamine groups is 1. The van der Waals surface area contributed by atoms with E-state index in [0.717, 1.165) is 22.9 Å². The number of rotatable bonds is 7. The van der Waals surface area contributed by atoms with Gasteiger partial charge in [0.2, 0.25) is 5.91 Å². The minimum atomic E-state index is -0.351. The van der Waals surface area contributed by atoms with E-state index in [9.17, 15) is 14.4 Å². The van der Waals surface area contributed by atoms with Crippen LogP contribution in [0.25, 0.3) is 0 Å². The number of amidine groups is 1. The van der Waals surface area contributed by atoms with Crippen molar-refractivity contribution in [2.45, 2.75) is 17.5 Å². The monoisotopic (exact) mass is 381 g/mol. The number of carbonyl (C=O) groups excluding carboxylic acids is 1. The summed E-state index contributed by atoms with van der Waals surface area (Å²) in [6.45, 7) is 0.00767. The van der Waals surface area contributed by atoms with Gasteiger partial charge in [0.1, 0.15) is 5.82 Å². The van der Waals surface area contributed by atoms with Crippen molar-refractivity contribution in [3.63, 3.8) is 0 Å². The smallest absolute Gasteiger partial charge is 0.230 e. The number of fused-ring (bicyclic) bond motifs is 1. The Morgan fingerprint density at radius 2 is 2.31 bits per heavy atom. The Morgan fingerprint density at radius 1 is 1.46 bits per heavy atom. The molecule has 0 radical (unpaired) electrons. The maximum Gasteiger partial charge on any atom is 0.230 e. The predicted molar refractivity (Wildman–Crippen MR) is 89.4 cm³/mol. The van der Waals surface area contributed by atoms with E-state index in [1.54, 1.807) is 6.07 Å². The number of aliphatic imine (C=N–C) groups is 1. The molecular weight excluding hydrogens is 365 g/mol. The maximum absolute atomic E-state index is 13.4. The molecule has 0 bridgehead atoms. The van der Waals surface area contributed by atoms with Crippen molar-refractivity contribution >= 4 is 23.5 Å². The molecule has 0 unspecified atom stereocenters. The second-order valence-corrected chi connectivity index (χ2v) is 6.40. The molecular formula is C15H16FN5O4S. The summed E-state index contributed by atoms with van der Waals surface area (Å²) in [6.07, 6.45) is 0.609. The van der Waals surface area contributed by atoms with Crippen molar-refractivity contribution in [1.82, 2.24) is 21.1 Å². The predicted octanol–water partition coefficient (Wildman–Crippen LogP) is 0.432. The van der Waals surface area contributed by atoms with Gasteiger partial charge in [0.25, 0.3) is 0 Å². The Morgan fingerprint density at radius 3 is 3.08 bits per heavy atom. The van der Waals surface area contributed by atoms with Crippen LogP contribution < -0.4 is 10.8 Å². The topological polar surface area (TPSA) is 133 Å². The number of aliphatic hydroxyl groups excluding tert-OH is 1. The average molecular weight is 381 g/mol.